The molecule has 90 valence electrons. The Morgan fingerprint density at radius 1 is 1.38 bits per heavy atom. The Hall–Kier alpha value is -1.22. The van der Waals surface area contributed by atoms with E-state index in [0.717, 1.165) is 29.8 Å². The first-order valence-corrected chi connectivity index (χ1v) is 5.71. The zero-order chi connectivity index (χ0) is 12.0. The average Bonchev–Trinajstić information content (AvgIpc) is 2.28. The normalized spacial score (nSPS) is 12.4. The smallest absolute Gasteiger partial charge is 0.119 e. The molecule has 0 radical (unpaired) electrons. The summed E-state index contributed by atoms with van der Waals surface area (Å²) in [4.78, 5) is 0. The molecule has 0 saturated carbocycles. The number of ether oxygens (including phenoxy) is 2. The second-order valence-electron chi connectivity index (χ2n) is 3.98. The molecular weight excluding hydrogens is 202 g/mol. The van der Waals surface area contributed by atoms with E-state index in [9.17, 15) is 0 Å². The highest BCUT2D eigenvalue weighted by atomic mass is 16.5. The van der Waals surface area contributed by atoms with Crippen LogP contribution in [-0.4, -0.2) is 13.2 Å². The van der Waals surface area contributed by atoms with Crippen LogP contribution in [-0.2, 0) is 11.3 Å². The predicted molar refractivity (Wildman–Crippen MR) is 66.6 cm³/mol. The van der Waals surface area contributed by atoms with E-state index in [-0.39, 0.29) is 6.10 Å². The van der Waals surface area contributed by atoms with Crippen molar-refractivity contribution in [2.24, 2.45) is 0 Å². The molecule has 0 bridgehead atoms. The molecule has 1 rings (SSSR count). The summed E-state index contributed by atoms with van der Waals surface area (Å²) in [7, 11) is 1.65. The molecular formula is C13H21NO2. The highest BCUT2D eigenvalue weighted by molar-refractivity contribution is 5.50. The molecule has 0 spiro atoms. The van der Waals surface area contributed by atoms with Crippen LogP contribution < -0.4 is 10.5 Å². The number of hydrogen-bond acceptors (Lipinski definition) is 3. The fraction of sp³-hybridized carbons (Fsp3) is 0.538. The highest BCUT2D eigenvalue weighted by Crippen LogP contribution is 2.20. The van der Waals surface area contributed by atoms with Crippen LogP contribution in [0.15, 0.2) is 18.2 Å². The van der Waals surface area contributed by atoms with Gasteiger partial charge in [0, 0.05) is 11.3 Å². The molecule has 3 heteroatoms. The second kappa shape index (κ2) is 6.38. The number of hydrogen-bond donors (Lipinski definition) is 1. The van der Waals surface area contributed by atoms with E-state index >= 15 is 0 Å². The number of methoxy groups -OCH3 is 1. The van der Waals surface area contributed by atoms with Gasteiger partial charge in [-0.05, 0) is 31.5 Å². The minimum absolute atomic E-state index is 0.274. The van der Waals surface area contributed by atoms with Gasteiger partial charge in [-0.3, -0.25) is 0 Å². The van der Waals surface area contributed by atoms with Crippen molar-refractivity contribution in [3.8, 4) is 5.75 Å². The van der Waals surface area contributed by atoms with Gasteiger partial charge in [0.15, 0.2) is 0 Å². The molecule has 0 aliphatic rings. The summed E-state index contributed by atoms with van der Waals surface area (Å²) >= 11 is 0. The molecule has 0 saturated heterocycles. The van der Waals surface area contributed by atoms with Gasteiger partial charge in [-0.25, -0.2) is 0 Å². The van der Waals surface area contributed by atoms with E-state index in [1.807, 2.05) is 18.2 Å². The van der Waals surface area contributed by atoms with Crippen molar-refractivity contribution in [3.63, 3.8) is 0 Å². The molecule has 0 aromatic heterocycles. The summed E-state index contributed by atoms with van der Waals surface area (Å²) in [6.45, 7) is 4.78. The van der Waals surface area contributed by atoms with Gasteiger partial charge in [-0.1, -0.05) is 13.3 Å². The van der Waals surface area contributed by atoms with Crippen LogP contribution in [0.2, 0.25) is 0 Å². The summed E-state index contributed by atoms with van der Waals surface area (Å²) < 4.78 is 10.9. The molecule has 0 aliphatic heterocycles. The van der Waals surface area contributed by atoms with Crippen LogP contribution in [0.5, 0.6) is 5.75 Å². The molecule has 1 aromatic carbocycles. The van der Waals surface area contributed by atoms with Crippen LogP contribution in [0.1, 0.15) is 32.3 Å². The van der Waals surface area contributed by atoms with E-state index in [1.54, 1.807) is 7.11 Å². The van der Waals surface area contributed by atoms with E-state index < -0.39 is 0 Å². The lowest BCUT2D eigenvalue weighted by molar-refractivity contribution is 0.0474. The SMILES string of the molecule is CCC[C@H](C)OCc1cc(OC)ccc1N. The molecule has 16 heavy (non-hydrogen) atoms. The maximum atomic E-state index is 5.87. The summed E-state index contributed by atoms with van der Waals surface area (Å²) in [6.07, 6.45) is 2.48. The first-order valence-electron chi connectivity index (χ1n) is 5.71. The average molecular weight is 223 g/mol. The standard InChI is InChI=1S/C13H21NO2/c1-4-5-10(2)16-9-11-8-12(15-3)6-7-13(11)14/h6-8,10H,4-5,9,14H2,1-3H3/t10-/m0/s1. The molecule has 0 fully saturated rings. The molecule has 0 aliphatic carbocycles. The topological polar surface area (TPSA) is 44.5 Å². The maximum Gasteiger partial charge on any atom is 0.119 e. The minimum Gasteiger partial charge on any atom is -0.497 e. The number of rotatable bonds is 6. The lowest BCUT2D eigenvalue weighted by Crippen LogP contribution is -2.08. The largest absolute Gasteiger partial charge is 0.497 e. The van der Waals surface area contributed by atoms with Crippen LogP contribution in [0.25, 0.3) is 0 Å². The van der Waals surface area contributed by atoms with Gasteiger partial charge in [-0.2, -0.15) is 0 Å². The third-order valence-electron chi connectivity index (χ3n) is 2.57. The van der Waals surface area contributed by atoms with Gasteiger partial charge in [0.25, 0.3) is 0 Å². The van der Waals surface area contributed by atoms with Crippen LogP contribution >= 0.6 is 0 Å². The van der Waals surface area contributed by atoms with Crippen molar-refractivity contribution >= 4 is 5.69 Å². The molecule has 2 N–H and O–H groups in total. The van der Waals surface area contributed by atoms with Crippen LogP contribution in [0.3, 0.4) is 0 Å². The van der Waals surface area contributed by atoms with Gasteiger partial charge in [0.05, 0.1) is 19.8 Å². The number of nitrogens with two attached hydrogens (primary N) is 1. The lowest BCUT2D eigenvalue weighted by atomic mass is 10.2. The number of anilines is 1. The molecule has 0 unspecified atom stereocenters. The van der Waals surface area contributed by atoms with Crippen molar-refractivity contribution in [1.29, 1.82) is 0 Å². The summed E-state index contributed by atoms with van der Waals surface area (Å²) in [6, 6.07) is 5.63. The predicted octanol–water partition coefficient (Wildman–Crippen LogP) is 2.98. The first kappa shape index (κ1) is 12.8. The van der Waals surface area contributed by atoms with Crippen molar-refractivity contribution < 1.29 is 9.47 Å². The maximum absolute atomic E-state index is 5.87. The van der Waals surface area contributed by atoms with Gasteiger partial charge in [0.2, 0.25) is 0 Å². The van der Waals surface area contributed by atoms with E-state index in [0.29, 0.717) is 6.61 Å². The zero-order valence-electron chi connectivity index (χ0n) is 10.3. The molecule has 1 atom stereocenters. The Morgan fingerprint density at radius 2 is 2.12 bits per heavy atom. The summed E-state index contributed by atoms with van der Waals surface area (Å²) in [5.74, 6) is 0.816. The number of benzene rings is 1. The van der Waals surface area contributed by atoms with Crippen molar-refractivity contribution in [1.82, 2.24) is 0 Å². The minimum atomic E-state index is 0.274. The first-order chi connectivity index (χ1) is 7.67. The Bertz CT molecular complexity index is 326. The highest BCUT2D eigenvalue weighted by Gasteiger charge is 2.05. The molecule has 3 nitrogen and oxygen atoms in total. The third kappa shape index (κ3) is 3.74. The quantitative estimate of drug-likeness (QED) is 0.754. The lowest BCUT2D eigenvalue weighted by Gasteiger charge is -2.13. The fourth-order valence-electron chi connectivity index (χ4n) is 1.56. The zero-order valence-corrected chi connectivity index (χ0v) is 10.3. The van der Waals surface area contributed by atoms with Crippen molar-refractivity contribution in [3.05, 3.63) is 23.8 Å². The Balaban J connectivity index is 2.58. The molecule has 0 heterocycles. The van der Waals surface area contributed by atoms with E-state index in [2.05, 4.69) is 13.8 Å². The van der Waals surface area contributed by atoms with Gasteiger partial charge < -0.3 is 15.2 Å². The van der Waals surface area contributed by atoms with Crippen molar-refractivity contribution in [2.75, 3.05) is 12.8 Å². The van der Waals surface area contributed by atoms with Gasteiger partial charge >= 0.3 is 0 Å². The van der Waals surface area contributed by atoms with E-state index in [1.165, 1.54) is 0 Å². The van der Waals surface area contributed by atoms with Gasteiger partial charge in [-0.15, -0.1) is 0 Å². The summed E-state index contributed by atoms with van der Waals surface area (Å²) in [5, 5.41) is 0. The second-order valence-corrected chi connectivity index (χ2v) is 3.98. The third-order valence-corrected chi connectivity index (χ3v) is 2.57. The molecule has 1 aromatic rings. The fourth-order valence-corrected chi connectivity index (χ4v) is 1.56. The Kier molecular flexibility index (Phi) is 5.12. The van der Waals surface area contributed by atoms with Crippen LogP contribution in [0, 0.1) is 0 Å². The summed E-state index contributed by atoms with van der Waals surface area (Å²) in [5.41, 5.74) is 7.61. The van der Waals surface area contributed by atoms with Crippen LogP contribution in [0.4, 0.5) is 5.69 Å². The van der Waals surface area contributed by atoms with Gasteiger partial charge in [0.1, 0.15) is 5.75 Å². The van der Waals surface area contributed by atoms with E-state index in [4.69, 9.17) is 15.2 Å². The monoisotopic (exact) mass is 223 g/mol. The Morgan fingerprint density at radius 3 is 2.75 bits per heavy atom. The Labute approximate surface area is 97.6 Å². The molecule has 0 amide bonds. The number of nitrogen functional groups attached to an aromatic ring is 1. The van der Waals surface area contributed by atoms with Crippen molar-refractivity contribution in [2.45, 2.75) is 39.4 Å².